The molecule has 0 spiro atoms. The molecule has 1 N–H and O–H groups in total. The van der Waals surface area contributed by atoms with E-state index in [1.54, 1.807) is 0 Å². The number of hydrogen-bond acceptors (Lipinski definition) is 2. The number of likely N-dealkylation sites (tertiary alicyclic amines) is 1. The normalized spacial score (nSPS) is 32.3. The van der Waals surface area contributed by atoms with Crippen LogP contribution < -0.4 is 5.32 Å². The molecular weight excluding hydrogens is 208 g/mol. The molecule has 1 heterocycles. The van der Waals surface area contributed by atoms with Crippen LogP contribution in [0, 0.1) is 11.3 Å². The molecule has 100 valence electrons. The fourth-order valence-electron chi connectivity index (χ4n) is 3.45. The summed E-state index contributed by atoms with van der Waals surface area (Å²) in [6.45, 7) is 13.1. The number of nitrogens with zero attached hydrogens (tertiary/aromatic N) is 1. The molecule has 2 rings (SSSR count). The van der Waals surface area contributed by atoms with Crippen molar-refractivity contribution in [2.24, 2.45) is 11.3 Å². The van der Waals surface area contributed by atoms with E-state index in [1.165, 1.54) is 38.8 Å². The van der Waals surface area contributed by atoms with Gasteiger partial charge in [0, 0.05) is 31.7 Å². The lowest BCUT2D eigenvalue weighted by molar-refractivity contribution is 0.123. The second-order valence-electron chi connectivity index (χ2n) is 6.96. The van der Waals surface area contributed by atoms with Gasteiger partial charge in [0.25, 0.3) is 0 Å². The molecule has 2 aliphatic rings. The molecule has 0 amide bonds. The highest BCUT2D eigenvalue weighted by Crippen LogP contribution is 2.39. The van der Waals surface area contributed by atoms with E-state index in [0.717, 1.165) is 18.5 Å². The van der Waals surface area contributed by atoms with Crippen LogP contribution in [0.25, 0.3) is 0 Å². The third-order valence-corrected chi connectivity index (χ3v) is 4.90. The minimum absolute atomic E-state index is 0.453. The summed E-state index contributed by atoms with van der Waals surface area (Å²) in [5.74, 6) is 1.03. The average Bonchev–Trinajstić information content (AvgIpc) is 2.88. The molecular formula is C15H30N2. The SMILES string of the molecule is CCC(C)(CNC(C)C)CN1CC2CCC1C2. The van der Waals surface area contributed by atoms with Gasteiger partial charge in [-0.3, -0.25) is 4.90 Å². The molecule has 2 fully saturated rings. The van der Waals surface area contributed by atoms with E-state index in [4.69, 9.17) is 0 Å². The van der Waals surface area contributed by atoms with Crippen LogP contribution in [0.4, 0.5) is 0 Å². The van der Waals surface area contributed by atoms with E-state index >= 15 is 0 Å². The fraction of sp³-hybridized carbons (Fsp3) is 1.00. The Labute approximate surface area is 107 Å². The van der Waals surface area contributed by atoms with Crippen molar-refractivity contribution in [3.05, 3.63) is 0 Å². The Morgan fingerprint density at radius 2 is 2.12 bits per heavy atom. The molecule has 1 aliphatic carbocycles. The standard InChI is InChI=1S/C15H30N2/c1-5-15(4,10-16-12(2)3)11-17-9-13-6-7-14(17)8-13/h12-14,16H,5-11H2,1-4H3. The predicted octanol–water partition coefficient (Wildman–Crippen LogP) is 2.89. The molecule has 3 unspecified atom stereocenters. The molecule has 2 nitrogen and oxygen atoms in total. The quantitative estimate of drug-likeness (QED) is 0.765. The lowest BCUT2D eigenvalue weighted by Gasteiger charge is -2.37. The highest BCUT2D eigenvalue weighted by molar-refractivity contribution is 4.94. The Bertz CT molecular complexity index is 251. The van der Waals surface area contributed by atoms with Crippen molar-refractivity contribution in [1.29, 1.82) is 0 Å². The molecule has 3 atom stereocenters. The number of piperidine rings is 1. The Morgan fingerprint density at radius 1 is 1.35 bits per heavy atom. The Kier molecular flexibility index (Phi) is 4.14. The largest absolute Gasteiger partial charge is 0.314 e. The van der Waals surface area contributed by atoms with Crippen molar-refractivity contribution in [2.45, 2.75) is 65.5 Å². The summed E-state index contributed by atoms with van der Waals surface area (Å²) in [5, 5.41) is 3.63. The summed E-state index contributed by atoms with van der Waals surface area (Å²) in [6.07, 6.45) is 5.72. The van der Waals surface area contributed by atoms with Crippen LogP contribution in [0.15, 0.2) is 0 Å². The van der Waals surface area contributed by atoms with Crippen LogP contribution in [0.2, 0.25) is 0 Å². The molecule has 1 saturated heterocycles. The van der Waals surface area contributed by atoms with Crippen LogP contribution in [0.5, 0.6) is 0 Å². The van der Waals surface area contributed by atoms with Crippen molar-refractivity contribution in [2.75, 3.05) is 19.6 Å². The van der Waals surface area contributed by atoms with E-state index in [1.807, 2.05) is 0 Å². The van der Waals surface area contributed by atoms with Crippen molar-refractivity contribution in [1.82, 2.24) is 10.2 Å². The Balaban J connectivity index is 1.85. The predicted molar refractivity (Wildman–Crippen MR) is 74.2 cm³/mol. The highest BCUT2D eigenvalue weighted by atomic mass is 15.2. The molecule has 0 aromatic rings. The first-order valence-corrected chi connectivity index (χ1v) is 7.50. The van der Waals surface area contributed by atoms with Gasteiger partial charge in [-0.05, 0) is 37.0 Å². The van der Waals surface area contributed by atoms with E-state index in [-0.39, 0.29) is 0 Å². The van der Waals surface area contributed by atoms with Gasteiger partial charge in [-0.15, -0.1) is 0 Å². The van der Waals surface area contributed by atoms with Crippen molar-refractivity contribution < 1.29 is 0 Å². The molecule has 2 bridgehead atoms. The second kappa shape index (κ2) is 5.27. The minimum atomic E-state index is 0.453. The van der Waals surface area contributed by atoms with E-state index in [9.17, 15) is 0 Å². The number of hydrogen-bond donors (Lipinski definition) is 1. The number of nitrogens with one attached hydrogen (secondary N) is 1. The van der Waals surface area contributed by atoms with E-state index < -0.39 is 0 Å². The third kappa shape index (κ3) is 3.23. The van der Waals surface area contributed by atoms with Gasteiger partial charge in [-0.25, -0.2) is 0 Å². The number of fused-ring (bicyclic) bond motifs is 2. The zero-order valence-electron chi connectivity index (χ0n) is 12.1. The first kappa shape index (κ1) is 13.4. The maximum Gasteiger partial charge on any atom is 0.00988 e. The van der Waals surface area contributed by atoms with E-state index in [0.29, 0.717) is 11.5 Å². The second-order valence-corrected chi connectivity index (χ2v) is 6.96. The van der Waals surface area contributed by atoms with Gasteiger partial charge in [-0.1, -0.05) is 27.7 Å². The maximum absolute atomic E-state index is 3.63. The van der Waals surface area contributed by atoms with Gasteiger partial charge < -0.3 is 5.32 Å². The molecule has 17 heavy (non-hydrogen) atoms. The van der Waals surface area contributed by atoms with Crippen LogP contribution in [-0.4, -0.2) is 36.6 Å². The van der Waals surface area contributed by atoms with Gasteiger partial charge in [0.05, 0.1) is 0 Å². The fourth-order valence-corrected chi connectivity index (χ4v) is 3.45. The molecule has 0 aromatic heterocycles. The molecule has 1 aliphatic heterocycles. The Hall–Kier alpha value is -0.0800. The van der Waals surface area contributed by atoms with Gasteiger partial charge in [0.15, 0.2) is 0 Å². The summed E-state index contributed by atoms with van der Waals surface area (Å²) in [6, 6.07) is 1.53. The summed E-state index contributed by atoms with van der Waals surface area (Å²) in [4.78, 5) is 2.78. The monoisotopic (exact) mass is 238 g/mol. The van der Waals surface area contributed by atoms with Gasteiger partial charge in [-0.2, -0.15) is 0 Å². The molecule has 1 saturated carbocycles. The minimum Gasteiger partial charge on any atom is -0.314 e. The van der Waals surface area contributed by atoms with Crippen LogP contribution in [-0.2, 0) is 0 Å². The molecule has 2 heteroatoms. The summed E-state index contributed by atoms with van der Waals surface area (Å²) < 4.78 is 0. The van der Waals surface area contributed by atoms with Crippen molar-refractivity contribution in [3.8, 4) is 0 Å². The molecule has 0 radical (unpaired) electrons. The van der Waals surface area contributed by atoms with Crippen LogP contribution >= 0.6 is 0 Å². The van der Waals surface area contributed by atoms with Crippen molar-refractivity contribution in [3.63, 3.8) is 0 Å². The van der Waals surface area contributed by atoms with Crippen LogP contribution in [0.3, 0.4) is 0 Å². The lowest BCUT2D eigenvalue weighted by atomic mass is 9.86. The molecule has 0 aromatic carbocycles. The summed E-state index contributed by atoms with van der Waals surface area (Å²) in [5.41, 5.74) is 0.453. The van der Waals surface area contributed by atoms with Gasteiger partial charge in [0.1, 0.15) is 0 Å². The zero-order chi connectivity index (χ0) is 12.5. The highest BCUT2D eigenvalue weighted by Gasteiger charge is 2.40. The summed E-state index contributed by atoms with van der Waals surface area (Å²) in [7, 11) is 0. The lowest BCUT2D eigenvalue weighted by Crippen LogP contribution is -2.46. The van der Waals surface area contributed by atoms with Gasteiger partial charge in [0.2, 0.25) is 0 Å². The first-order chi connectivity index (χ1) is 8.02. The third-order valence-electron chi connectivity index (χ3n) is 4.90. The number of rotatable bonds is 6. The van der Waals surface area contributed by atoms with Crippen LogP contribution in [0.1, 0.15) is 53.4 Å². The summed E-state index contributed by atoms with van der Waals surface area (Å²) >= 11 is 0. The maximum atomic E-state index is 3.63. The zero-order valence-corrected chi connectivity index (χ0v) is 12.1. The first-order valence-electron chi connectivity index (χ1n) is 7.50. The smallest absolute Gasteiger partial charge is 0.00988 e. The van der Waals surface area contributed by atoms with E-state index in [2.05, 4.69) is 37.9 Å². The van der Waals surface area contributed by atoms with Crippen molar-refractivity contribution >= 4 is 0 Å². The van der Waals surface area contributed by atoms with Gasteiger partial charge >= 0.3 is 0 Å². The topological polar surface area (TPSA) is 15.3 Å². The Morgan fingerprint density at radius 3 is 2.59 bits per heavy atom. The average molecular weight is 238 g/mol.